The summed E-state index contributed by atoms with van der Waals surface area (Å²) >= 11 is 0. The van der Waals surface area contributed by atoms with Crippen LogP contribution in [-0.2, 0) is 4.79 Å². The molecule has 1 aromatic carbocycles. The van der Waals surface area contributed by atoms with Crippen LogP contribution < -0.4 is 10.1 Å². The van der Waals surface area contributed by atoms with Gasteiger partial charge in [0.2, 0.25) is 0 Å². The summed E-state index contributed by atoms with van der Waals surface area (Å²) in [6, 6.07) is 6.70. The second-order valence-electron chi connectivity index (χ2n) is 5.04. The van der Waals surface area contributed by atoms with Crippen LogP contribution in [0.4, 0.5) is 0 Å². The molecule has 1 atom stereocenters. The maximum absolute atomic E-state index is 11.4. The Balaban J connectivity index is 2.03. The lowest BCUT2D eigenvalue weighted by atomic mass is 10.1. The van der Waals surface area contributed by atoms with Crippen molar-refractivity contribution in [2.45, 2.75) is 32.2 Å². The summed E-state index contributed by atoms with van der Waals surface area (Å²) in [5.74, 6) is 0.550. The molecule has 2 N–H and O–H groups in total. The topological polar surface area (TPSA) is 58.6 Å². The zero-order valence-electron chi connectivity index (χ0n) is 11.3. The molecule has 1 unspecified atom stereocenters. The van der Waals surface area contributed by atoms with E-state index in [1.165, 1.54) is 12.8 Å². The molecule has 1 fully saturated rings. The first kappa shape index (κ1) is 13.9. The molecule has 0 radical (unpaired) electrons. The highest BCUT2D eigenvalue weighted by atomic mass is 16.5. The molecule has 0 aliphatic heterocycles. The second-order valence-corrected chi connectivity index (χ2v) is 5.04. The molecular formula is C15H21NO3. The third kappa shape index (κ3) is 4.24. The van der Waals surface area contributed by atoms with Gasteiger partial charge in [0.05, 0.1) is 6.61 Å². The largest absolute Gasteiger partial charge is 0.494 e. The van der Waals surface area contributed by atoms with Crippen molar-refractivity contribution in [2.24, 2.45) is 5.92 Å². The number of rotatable bonds is 8. The number of benzene rings is 1. The smallest absolute Gasteiger partial charge is 0.325 e. The van der Waals surface area contributed by atoms with E-state index in [0.29, 0.717) is 12.5 Å². The van der Waals surface area contributed by atoms with Crippen LogP contribution in [-0.4, -0.2) is 24.2 Å². The fourth-order valence-electron chi connectivity index (χ4n) is 1.96. The fraction of sp³-hybridized carbons (Fsp3) is 0.533. The Morgan fingerprint density at radius 3 is 2.95 bits per heavy atom. The maximum atomic E-state index is 11.4. The molecule has 4 heteroatoms. The standard InChI is InChI=1S/C15H21NO3/c1-2-8-19-13-5-3-4-12(9-13)14(15(17)18)16-10-11-6-7-11/h3-5,9,11,14,16H,2,6-8,10H2,1H3,(H,17,18). The molecule has 1 aromatic rings. The Morgan fingerprint density at radius 2 is 2.32 bits per heavy atom. The van der Waals surface area contributed by atoms with Crippen LogP contribution in [0.5, 0.6) is 5.75 Å². The average Bonchev–Trinajstić information content (AvgIpc) is 3.21. The first-order valence-corrected chi connectivity index (χ1v) is 6.89. The molecule has 1 saturated carbocycles. The van der Waals surface area contributed by atoms with Crippen molar-refractivity contribution in [2.75, 3.05) is 13.2 Å². The van der Waals surface area contributed by atoms with Crippen LogP contribution in [0.15, 0.2) is 24.3 Å². The molecule has 0 spiro atoms. The molecule has 0 heterocycles. The van der Waals surface area contributed by atoms with Crippen molar-refractivity contribution in [3.8, 4) is 5.75 Å². The van der Waals surface area contributed by atoms with Gasteiger partial charge in [0.15, 0.2) is 0 Å². The molecular weight excluding hydrogens is 242 g/mol. The third-order valence-corrected chi connectivity index (χ3v) is 3.22. The number of ether oxygens (including phenoxy) is 1. The van der Waals surface area contributed by atoms with Gasteiger partial charge in [-0.25, -0.2) is 0 Å². The number of carbonyl (C=O) groups is 1. The lowest BCUT2D eigenvalue weighted by Crippen LogP contribution is -2.30. The average molecular weight is 263 g/mol. The summed E-state index contributed by atoms with van der Waals surface area (Å²) in [7, 11) is 0. The van der Waals surface area contributed by atoms with Crippen LogP contribution in [0, 0.1) is 5.92 Å². The van der Waals surface area contributed by atoms with Gasteiger partial charge in [0.25, 0.3) is 0 Å². The molecule has 1 aliphatic carbocycles. The van der Waals surface area contributed by atoms with E-state index in [4.69, 9.17) is 4.74 Å². The summed E-state index contributed by atoms with van der Waals surface area (Å²) in [6.07, 6.45) is 3.35. The predicted octanol–water partition coefficient (Wildman–Crippen LogP) is 2.60. The summed E-state index contributed by atoms with van der Waals surface area (Å²) in [5, 5.41) is 12.4. The molecule has 4 nitrogen and oxygen atoms in total. The van der Waals surface area contributed by atoms with Gasteiger partial charge in [-0.2, -0.15) is 0 Å². The van der Waals surface area contributed by atoms with Crippen molar-refractivity contribution in [3.05, 3.63) is 29.8 Å². The van der Waals surface area contributed by atoms with Crippen molar-refractivity contribution in [3.63, 3.8) is 0 Å². The van der Waals surface area contributed by atoms with E-state index < -0.39 is 12.0 Å². The molecule has 1 aliphatic rings. The highest BCUT2D eigenvalue weighted by molar-refractivity contribution is 5.75. The first-order chi connectivity index (χ1) is 9.20. The molecule has 0 amide bonds. The van der Waals surface area contributed by atoms with Gasteiger partial charge in [-0.1, -0.05) is 19.1 Å². The Labute approximate surface area is 113 Å². The van der Waals surface area contributed by atoms with E-state index >= 15 is 0 Å². The Hall–Kier alpha value is -1.55. The molecule has 0 saturated heterocycles. The van der Waals surface area contributed by atoms with Gasteiger partial charge in [-0.05, 0) is 49.4 Å². The minimum absolute atomic E-state index is 0.647. The van der Waals surface area contributed by atoms with Crippen LogP contribution in [0.3, 0.4) is 0 Å². The highest BCUT2D eigenvalue weighted by Crippen LogP contribution is 2.29. The van der Waals surface area contributed by atoms with Crippen LogP contribution in [0.25, 0.3) is 0 Å². The molecule has 0 aromatic heterocycles. The van der Waals surface area contributed by atoms with Gasteiger partial charge in [-0.15, -0.1) is 0 Å². The zero-order valence-corrected chi connectivity index (χ0v) is 11.3. The van der Waals surface area contributed by atoms with E-state index in [0.717, 1.165) is 24.3 Å². The summed E-state index contributed by atoms with van der Waals surface area (Å²) in [5.41, 5.74) is 0.752. The minimum Gasteiger partial charge on any atom is -0.494 e. The van der Waals surface area contributed by atoms with Crippen molar-refractivity contribution >= 4 is 5.97 Å². The maximum Gasteiger partial charge on any atom is 0.325 e. The van der Waals surface area contributed by atoms with Gasteiger partial charge in [0, 0.05) is 0 Å². The quantitative estimate of drug-likeness (QED) is 0.757. The minimum atomic E-state index is -0.840. The van der Waals surface area contributed by atoms with E-state index in [9.17, 15) is 9.90 Å². The van der Waals surface area contributed by atoms with Crippen LogP contribution in [0.2, 0.25) is 0 Å². The molecule has 104 valence electrons. The summed E-state index contributed by atoms with van der Waals surface area (Å²) in [6.45, 7) is 3.47. The van der Waals surface area contributed by atoms with E-state index in [-0.39, 0.29) is 0 Å². The Kier molecular flexibility index (Phi) is 4.80. The van der Waals surface area contributed by atoms with Gasteiger partial charge in [0.1, 0.15) is 11.8 Å². The fourth-order valence-corrected chi connectivity index (χ4v) is 1.96. The van der Waals surface area contributed by atoms with E-state index in [1.54, 1.807) is 0 Å². The third-order valence-electron chi connectivity index (χ3n) is 3.22. The van der Waals surface area contributed by atoms with Crippen molar-refractivity contribution < 1.29 is 14.6 Å². The molecule has 19 heavy (non-hydrogen) atoms. The summed E-state index contributed by atoms with van der Waals surface area (Å²) < 4.78 is 5.54. The number of aliphatic carboxylic acids is 1. The van der Waals surface area contributed by atoms with Gasteiger partial charge >= 0.3 is 5.97 Å². The van der Waals surface area contributed by atoms with Gasteiger partial charge in [-0.3, -0.25) is 4.79 Å². The van der Waals surface area contributed by atoms with Crippen molar-refractivity contribution in [1.82, 2.24) is 5.32 Å². The second kappa shape index (κ2) is 6.57. The monoisotopic (exact) mass is 263 g/mol. The Morgan fingerprint density at radius 1 is 1.53 bits per heavy atom. The van der Waals surface area contributed by atoms with E-state index in [1.807, 2.05) is 31.2 Å². The van der Waals surface area contributed by atoms with Crippen molar-refractivity contribution in [1.29, 1.82) is 0 Å². The lowest BCUT2D eigenvalue weighted by molar-refractivity contribution is -0.139. The first-order valence-electron chi connectivity index (χ1n) is 6.89. The number of carboxylic acids is 1. The molecule has 2 rings (SSSR count). The number of hydrogen-bond donors (Lipinski definition) is 2. The normalized spacial score (nSPS) is 16.1. The Bertz CT molecular complexity index is 429. The predicted molar refractivity (Wildman–Crippen MR) is 73.3 cm³/mol. The van der Waals surface area contributed by atoms with Crippen LogP contribution in [0.1, 0.15) is 37.8 Å². The highest BCUT2D eigenvalue weighted by Gasteiger charge is 2.25. The molecule has 0 bridgehead atoms. The number of carboxylic acid groups (broad SMARTS) is 1. The zero-order chi connectivity index (χ0) is 13.7. The summed E-state index contributed by atoms with van der Waals surface area (Å²) in [4.78, 5) is 11.4. The number of nitrogens with one attached hydrogen (secondary N) is 1. The SMILES string of the molecule is CCCOc1cccc(C(NCC2CC2)C(=O)O)c1. The van der Waals surface area contributed by atoms with Gasteiger partial charge < -0.3 is 15.2 Å². The number of hydrogen-bond acceptors (Lipinski definition) is 3. The van der Waals surface area contributed by atoms with Crippen LogP contribution >= 0.6 is 0 Å². The van der Waals surface area contributed by atoms with E-state index in [2.05, 4.69) is 5.32 Å². The lowest BCUT2D eigenvalue weighted by Gasteiger charge is -2.15.